The number of imidazole rings is 1. The van der Waals surface area contributed by atoms with Crippen molar-refractivity contribution in [1.82, 2.24) is 19.0 Å². The molecule has 0 spiro atoms. The van der Waals surface area contributed by atoms with E-state index in [1.54, 1.807) is 10.7 Å². The Morgan fingerprint density at radius 2 is 2.16 bits per heavy atom. The molecule has 2 N–H and O–H groups in total. The third-order valence-electron chi connectivity index (χ3n) is 5.64. The molecule has 1 aromatic carbocycles. The van der Waals surface area contributed by atoms with E-state index in [0.29, 0.717) is 12.4 Å². The maximum atomic E-state index is 12.0. The van der Waals surface area contributed by atoms with Crippen LogP contribution in [0.2, 0.25) is 0 Å². The minimum Gasteiger partial charge on any atom is -0.366 e. The average Bonchev–Trinajstić information content (AvgIpc) is 3.23. The first-order valence-corrected chi connectivity index (χ1v) is 11.1. The Morgan fingerprint density at radius 3 is 2.97 bits per heavy atom. The van der Waals surface area contributed by atoms with Crippen LogP contribution in [-0.4, -0.2) is 31.5 Å². The molecule has 1 amide bonds. The van der Waals surface area contributed by atoms with Crippen molar-refractivity contribution in [2.24, 2.45) is 5.92 Å². The molecule has 6 rings (SSSR count). The van der Waals surface area contributed by atoms with Crippen LogP contribution in [0.3, 0.4) is 0 Å². The van der Waals surface area contributed by atoms with Crippen LogP contribution in [0.5, 0.6) is 0 Å². The van der Waals surface area contributed by atoms with Crippen LogP contribution in [0.25, 0.3) is 16.1 Å². The van der Waals surface area contributed by atoms with Gasteiger partial charge in [-0.25, -0.2) is 9.50 Å². The molecule has 4 heterocycles. The summed E-state index contributed by atoms with van der Waals surface area (Å²) in [4.78, 5) is 19.9. The van der Waals surface area contributed by atoms with Gasteiger partial charge in [-0.2, -0.15) is 9.47 Å². The zero-order valence-corrected chi connectivity index (χ0v) is 17.8. The second-order valence-electron chi connectivity index (χ2n) is 8.11. The third kappa shape index (κ3) is 3.50. The SMILES string of the molecule is Cc1cc(-c2ccc3c(c2)N(Cc2ccc4nc(NC(=O)C5CC5)cn4n2)CN3)sn1. The minimum absolute atomic E-state index is 0.0512. The van der Waals surface area contributed by atoms with Crippen molar-refractivity contribution in [3.8, 4) is 10.4 Å². The summed E-state index contributed by atoms with van der Waals surface area (Å²) in [5, 5.41) is 11.0. The van der Waals surface area contributed by atoms with Crippen LogP contribution in [0.4, 0.5) is 17.2 Å². The molecular formula is C22H21N7OS. The topological polar surface area (TPSA) is 87.5 Å². The van der Waals surface area contributed by atoms with E-state index in [-0.39, 0.29) is 11.8 Å². The van der Waals surface area contributed by atoms with Gasteiger partial charge in [0.15, 0.2) is 11.5 Å². The van der Waals surface area contributed by atoms with Gasteiger partial charge in [0.1, 0.15) is 0 Å². The van der Waals surface area contributed by atoms with E-state index in [4.69, 9.17) is 5.10 Å². The van der Waals surface area contributed by atoms with Crippen molar-refractivity contribution in [3.63, 3.8) is 0 Å². The van der Waals surface area contributed by atoms with E-state index in [1.165, 1.54) is 22.0 Å². The van der Waals surface area contributed by atoms with E-state index in [2.05, 4.69) is 49.2 Å². The Hall–Kier alpha value is -3.46. The van der Waals surface area contributed by atoms with Gasteiger partial charge < -0.3 is 15.5 Å². The maximum Gasteiger partial charge on any atom is 0.228 e. The number of hydrogen-bond acceptors (Lipinski definition) is 7. The van der Waals surface area contributed by atoms with Gasteiger partial charge in [-0.1, -0.05) is 6.07 Å². The number of benzene rings is 1. The molecule has 31 heavy (non-hydrogen) atoms. The fourth-order valence-electron chi connectivity index (χ4n) is 3.84. The van der Waals surface area contributed by atoms with Crippen LogP contribution in [0.15, 0.2) is 42.6 Å². The van der Waals surface area contributed by atoms with Gasteiger partial charge in [-0.3, -0.25) is 4.79 Å². The average molecular weight is 432 g/mol. The number of carbonyl (C=O) groups excluding carboxylic acids is 1. The highest BCUT2D eigenvalue weighted by molar-refractivity contribution is 7.09. The Labute approximate surface area is 183 Å². The molecule has 3 aromatic heterocycles. The molecule has 1 aliphatic carbocycles. The fraction of sp³-hybridized carbons (Fsp3) is 0.273. The summed E-state index contributed by atoms with van der Waals surface area (Å²) in [6, 6.07) is 12.5. The summed E-state index contributed by atoms with van der Waals surface area (Å²) in [7, 11) is 0. The van der Waals surface area contributed by atoms with Crippen LogP contribution in [0, 0.1) is 12.8 Å². The molecule has 4 aromatic rings. The molecule has 1 aliphatic heterocycles. The summed E-state index contributed by atoms with van der Waals surface area (Å²) in [6.07, 6.45) is 3.72. The van der Waals surface area contributed by atoms with E-state index < -0.39 is 0 Å². The lowest BCUT2D eigenvalue weighted by Crippen LogP contribution is -2.23. The summed E-state index contributed by atoms with van der Waals surface area (Å²) in [6.45, 7) is 3.41. The molecule has 9 heteroatoms. The highest BCUT2D eigenvalue weighted by atomic mass is 32.1. The predicted octanol–water partition coefficient (Wildman–Crippen LogP) is 3.90. The highest BCUT2D eigenvalue weighted by Gasteiger charge is 2.30. The smallest absolute Gasteiger partial charge is 0.228 e. The maximum absolute atomic E-state index is 12.0. The van der Waals surface area contributed by atoms with Crippen molar-refractivity contribution in [2.45, 2.75) is 26.3 Å². The minimum atomic E-state index is 0.0512. The molecule has 1 saturated carbocycles. The van der Waals surface area contributed by atoms with Gasteiger partial charge in [0.05, 0.1) is 47.1 Å². The Balaban J connectivity index is 1.24. The number of fused-ring (bicyclic) bond motifs is 2. The third-order valence-corrected chi connectivity index (χ3v) is 6.57. The molecule has 1 fully saturated rings. The number of carbonyl (C=O) groups is 1. The Bertz CT molecular complexity index is 1310. The molecule has 8 nitrogen and oxygen atoms in total. The summed E-state index contributed by atoms with van der Waals surface area (Å²) in [5.74, 6) is 0.754. The number of hydrogen-bond donors (Lipinski definition) is 2. The first kappa shape index (κ1) is 18.3. The Kier molecular flexibility index (Phi) is 4.17. The van der Waals surface area contributed by atoms with E-state index in [1.807, 2.05) is 19.1 Å². The zero-order valence-electron chi connectivity index (χ0n) is 17.0. The summed E-state index contributed by atoms with van der Waals surface area (Å²) < 4.78 is 6.14. The van der Waals surface area contributed by atoms with Crippen LogP contribution in [0.1, 0.15) is 24.2 Å². The number of amides is 1. The number of rotatable bonds is 5. The van der Waals surface area contributed by atoms with Gasteiger partial charge in [-0.05, 0) is 67.2 Å². The number of nitrogens with one attached hydrogen (secondary N) is 2. The van der Waals surface area contributed by atoms with Gasteiger partial charge in [0.25, 0.3) is 0 Å². The summed E-state index contributed by atoms with van der Waals surface area (Å²) in [5.41, 5.74) is 6.15. The van der Waals surface area contributed by atoms with Gasteiger partial charge in [-0.15, -0.1) is 0 Å². The summed E-state index contributed by atoms with van der Waals surface area (Å²) >= 11 is 1.53. The lowest BCUT2D eigenvalue weighted by Gasteiger charge is -2.18. The molecule has 0 saturated heterocycles. The first-order valence-electron chi connectivity index (χ1n) is 10.4. The molecule has 0 unspecified atom stereocenters. The standard InChI is InChI=1S/C22H21N7OS/c1-13-8-19(31-27-13)15-4-6-17-18(9-15)28(12-23-17)10-16-5-7-21-24-20(11-29(21)26-16)25-22(30)14-2-3-14/h4-9,11,14,23H,2-3,10,12H2,1H3,(H,25,30). The zero-order chi connectivity index (χ0) is 20.9. The van der Waals surface area contributed by atoms with Crippen molar-refractivity contribution in [1.29, 1.82) is 0 Å². The predicted molar refractivity (Wildman–Crippen MR) is 121 cm³/mol. The van der Waals surface area contributed by atoms with Crippen molar-refractivity contribution in [3.05, 3.63) is 54.0 Å². The van der Waals surface area contributed by atoms with Gasteiger partial charge >= 0.3 is 0 Å². The Morgan fingerprint density at radius 1 is 1.26 bits per heavy atom. The van der Waals surface area contributed by atoms with Crippen LogP contribution < -0.4 is 15.5 Å². The largest absolute Gasteiger partial charge is 0.366 e. The molecule has 0 atom stereocenters. The monoisotopic (exact) mass is 431 g/mol. The second kappa shape index (κ2) is 7.05. The molecule has 0 radical (unpaired) electrons. The van der Waals surface area contributed by atoms with Crippen molar-refractivity contribution >= 4 is 40.3 Å². The lowest BCUT2D eigenvalue weighted by molar-refractivity contribution is -0.117. The van der Waals surface area contributed by atoms with Crippen LogP contribution in [-0.2, 0) is 11.3 Å². The number of anilines is 3. The molecule has 0 bridgehead atoms. The van der Waals surface area contributed by atoms with Crippen LogP contribution >= 0.6 is 11.5 Å². The van der Waals surface area contributed by atoms with Crippen molar-refractivity contribution in [2.75, 3.05) is 22.2 Å². The number of aromatic nitrogens is 4. The van der Waals surface area contributed by atoms with E-state index in [9.17, 15) is 4.79 Å². The first-order chi connectivity index (χ1) is 15.1. The van der Waals surface area contributed by atoms with E-state index in [0.717, 1.165) is 47.9 Å². The van der Waals surface area contributed by atoms with Gasteiger partial charge in [0, 0.05) is 5.92 Å². The fourth-order valence-corrected chi connectivity index (χ4v) is 4.59. The quantitative estimate of drug-likeness (QED) is 0.498. The molecule has 156 valence electrons. The number of aryl methyl sites for hydroxylation is 1. The van der Waals surface area contributed by atoms with E-state index >= 15 is 0 Å². The van der Waals surface area contributed by atoms with Gasteiger partial charge in [0.2, 0.25) is 5.91 Å². The second-order valence-corrected chi connectivity index (χ2v) is 8.92. The van der Waals surface area contributed by atoms with Crippen molar-refractivity contribution < 1.29 is 4.79 Å². The normalized spacial score (nSPS) is 15.2. The lowest BCUT2D eigenvalue weighted by atomic mass is 10.1. The highest BCUT2D eigenvalue weighted by Crippen LogP contribution is 2.37. The molecule has 2 aliphatic rings. The molecular weight excluding hydrogens is 410 g/mol. The number of nitrogens with zero attached hydrogens (tertiary/aromatic N) is 5.